The summed E-state index contributed by atoms with van der Waals surface area (Å²) in [7, 11) is 0.588. The molecule has 0 aromatic carbocycles. The van der Waals surface area contributed by atoms with E-state index in [-0.39, 0.29) is 0 Å². The van der Waals surface area contributed by atoms with Crippen LogP contribution in [-0.2, 0) is 4.74 Å². The van der Waals surface area contributed by atoms with Crippen molar-refractivity contribution in [3.8, 4) is 0 Å². The van der Waals surface area contributed by atoms with E-state index in [2.05, 4.69) is 46.7 Å². The van der Waals surface area contributed by atoms with E-state index < -0.39 is 26.5 Å². The molecular weight excluding hydrogens is 391 g/mol. The number of hydrogen-bond acceptors (Lipinski definition) is 1. The third-order valence-corrected chi connectivity index (χ3v) is 23.5. The first-order chi connectivity index (χ1) is 10.3. The molecule has 0 saturated carbocycles. The molecular formula is C19H42OSiSn. The number of methoxy groups -OCH3 is 1. The van der Waals surface area contributed by atoms with Crippen molar-refractivity contribution in [2.75, 3.05) is 7.11 Å². The van der Waals surface area contributed by atoms with Crippen LogP contribution in [0.15, 0.2) is 11.5 Å². The van der Waals surface area contributed by atoms with Gasteiger partial charge in [-0.1, -0.05) is 0 Å². The number of rotatable bonds is 13. The number of unbranched alkanes of at least 4 members (excludes halogenated alkanes) is 3. The molecule has 0 rings (SSSR count). The Morgan fingerprint density at radius 1 is 0.864 bits per heavy atom. The molecule has 0 aliphatic heterocycles. The van der Waals surface area contributed by atoms with Gasteiger partial charge in [-0.05, 0) is 0 Å². The van der Waals surface area contributed by atoms with Gasteiger partial charge in [0.05, 0.1) is 0 Å². The first kappa shape index (κ1) is 22.6. The summed E-state index contributed by atoms with van der Waals surface area (Å²) in [5, 5.41) is 1.72. The second kappa shape index (κ2) is 12.0. The molecule has 0 atom stereocenters. The fourth-order valence-corrected chi connectivity index (χ4v) is 27.0. The standard InChI is InChI=1S/C7H15OSi.3C4H9.Sn/c1-7(6-8-2)9(3,4)5;3*1-3-4-2;/h6H,1H2,2-5H3;3*1,3-4H2,2H3;/b7-6-;;;;. The van der Waals surface area contributed by atoms with E-state index in [1.807, 2.05) is 7.11 Å². The average molecular weight is 433 g/mol. The molecule has 0 N–H and O–H groups in total. The summed E-state index contributed by atoms with van der Waals surface area (Å²) in [6, 6.07) is 0. The van der Waals surface area contributed by atoms with Gasteiger partial charge in [-0.3, -0.25) is 0 Å². The summed E-state index contributed by atoms with van der Waals surface area (Å²) in [6.07, 6.45) is 10.6. The summed E-state index contributed by atoms with van der Waals surface area (Å²) in [5.41, 5.74) is 0. The van der Waals surface area contributed by atoms with Gasteiger partial charge in [0.2, 0.25) is 0 Å². The van der Waals surface area contributed by atoms with Crippen LogP contribution in [-0.4, -0.2) is 33.6 Å². The molecule has 0 fully saturated rings. The van der Waals surface area contributed by atoms with Crippen molar-refractivity contribution >= 4 is 26.5 Å². The van der Waals surface area contributed by atoms with Crippen molar-refractivity contribution in [3.63, 3.8) is 0 Å². The van der Waals surface area contributed by atoms with Crippen LogP contribution in [0, 0.1) is 0 Å². The molecule has 0 unspecified atom stereocenters. The van der Waals surface area contributed by atoms with Crippen molar-refractivity contribution in [2.24, 2.45) is 0 Å². The molecule has 0 radical (unpaired) electrons. The van der Waals surface area contributed by atoms with E-state index in [0.717, 1.165) is 0 Å². The Morgan fingerprint density at radius 3 is 1.55 bits per heavy atom. The topological polar surface area (TPSA) is 9.23 Å². The second-order valence-electron chi connectivity index (χ2n) is 8.12. The van der Waals surface area contributed by atoms with Gasteiger partial charge in [0.15, 0.2) is 0 Å². The zero-order chi connectivity index (χ0) is 17.1. The van der Waals surface area contributed by atoms with Gasteiger partial charge in [-0.2, -0.15) is 0 Å². The Labute approximate surface area is 146 Å². The molecule has 0 heterocycles. The summed E-state index contributed by atoms with van der Waals surface area (Å²) in [6.45, 7) is 14.6. The van der Waals surface area contributed by atoms with Crippen molar-refractivity contribution in [1.29, 1.82) is 0 Å². The van der Waals surface area contributed by atoms with Crippen LogP contribution in [0.2, 0.25) is 37.4 Å². The number of ether oxygens (including phenoxy) is 1. The van der Waals surface area contributed by atoms with Crippen molar-refractivity contribution in [2.45, 2.75) is 96.7 Å². The van der Waals surface area contributed by atoms with E-state index in [1.54, 1.807) is 18.5 Å². The number of hydrogen-bond donors (Lipinski definition) is 0. The van der Waals surface area contributed by atoms with Crippen LogP contribution in [0.5, 0.6) is 0 Å². The maximum absolute atomic E-state index is 5.50. The van der Waals surface area contributed by atoms with Crippen LogP contribution in [0.1, 0.15) is 59.3 Å². The van der Waals surface area contributed by atoms with E-state index in [1.165, 1.54) is 43.0 Å². The third-order valence-electron chi connectivity index (χ3n) is 4.97. The molecule has 0 spiro atoms. The quantitative estimate of drug-likeness (QED) is 0.220. The molecule has 22 heavy (non-hydrogen) atoms. The predicted molar refractivity (Wildman–Crippen MR) is 108 cm³/mol. The fraction of sp³-hybridized carbons (Fsp3) is 0.895. The monoisotopic (exact) mass is 434 g/mol. The minimum atomic E-state index is -2.05. The van der Waals surface area contributed by atoms with E-state index in [4.69, 9.17) is 4.74 Å². The fourth-order valence-electron chi connectivity index (χ4n) is 3.33. The zero-order valence-corrected chi connectivity index (χ0v) is 20.4. The van der Waals surface area contributed by atoms with Crippen molar-refractivity contribution < 1.29 is 4.74 Å². The maximum atomic E-state index is 5.50. The van der Waals surface area contributed by atoms with Crippen LogP contribution in [0.25, 0.3) is 0 Å². The van der Waals surface area contributed by atoms with Crippen LogP contribution in [0.3, 0.4) is 0 Å². The zero-order valence-electron chi connectivity index (χ0n) is 16.6. The summed E-state index contributed by atoms with van der Waals surface area (Å²) >= 11 is -2.05. The Hall–Kier alpha value is 0.556. The first-order valence-electron chi connectivity index (χ1n) is 9.57. The van der Waals surface area contributed by atoms with Gasteiger partial charge in [0.25, 0.3) is 0 Å². The van der Waals surface area contributed by atoms with Gasteiger partial charge in [0, 0.05) is 0 Å². The summed E-state index contributed by atoms with van der Waals surface area (Å²) < 4.78 is 11.8. The van der Waals surface area contributed by atoms with Crippen LogP contribution >= 0.6 is 0 Å². The van der Waals surface area contributed by atoms with Gasteiger partial charge in [-0.15, -0.1) is 0 Å². The van der Waals surface area contributed by atoms with Gasteiger partial charge in [0.1, 0.15) is 0 Å². The van der Waals surface area contributed by atoms with Gasteiger partial charge < -0.3 is 0 Å². The van der Waals surface area contributed by atoms with Crippen molar-refractivity contribution in [3.05, 3.63) is 11.5 Å². The second-order valence-corrected chi connectivity index (χ2v) is 27.1. The normalized spacial score (nSPS) is 13.5. The Morgan fingerprint density at radius 2 is 1.27 bits per heavy atom. The molecule has 3 heteroatoms. The third kappa shape index (κ3) is 9.00. The van der Waals surface area contributed by atoms with E-state index in [0.29, 0.717) is 0 Å². The number of allylic oxidation sites excluding steroid dienone is 1. The molecule has 0 bridgehead atoms. The Kier molecular flexibility index (Phi) is 12.3. The van der Waals surface area contributed by atoms with E-state index >= 15 is 0 Å². The Balaban J connectivity index is 5.32. The Bertz CT molecular complexity index is 285. The average Bonchev–Trinajstić information content (AvgIpc) is 2.47. The molecule has 0 aromatic rings. The molecule has 0 aliphatic carbocycles. The molecule has 0 amide bonds. The van der Waals surface area contributed by atoms with Crippen LogP contribution in [0.4, 0.5) is 0 Å². The molecule has 1 nitrogen and oxygen atoms in total. The molecule has 0 aliphatic rings. The SMILES string of the molecule is CCC[CH2][Sn]([CH2]CCC)([CH2]CCC)[CH2]/C(=C/OC)[Si](C)(C)C. The summed E-state index contributed by atoms with van der Waals surface area (Å²) in [4.78, 5) is 0. The molecule has 132 valence electrons. The van der Waals surface area contributed by atoms with Crippen molar-refractivity contribution in [1.82, 2.24) is 0 Å². The molecule has 0 saturated heterocycles. The van der Waals surface area contributed by atoms with Crippen LogP contribution < -0.4 is 0 Å². The van der Waals surface area contributed by atoms with E-state index in [9.17, 15) is 0 Å². The predicted octanol–water partition coefficient (Wildman–Crippen LogP) is 7.24. The van der Waals surface area contributed by atoms with Gasteiger partial charge >= 0.3 is 146 Å². The first-order valence-corrected chi connectivity index (χ1v) is 21.1. The minimum absolute atomic E-state index is 1.25. The van der Waals surface area contributed by atoms with Gasteiger partial charge in [-0.25, -0.2) is 0 Å². The summed E-state index contributed by atoms with van der Waals surface area (Å²) in [5.74, 6) is 0. The molecule has 0 aromatic heterocycles.